The number of hydrogen-bond donors (Lipinski definition) is 2. The van der Waals surface area contributed by atoms with Gasteiger partial charge in [-0.05, 0) is 43.2 Å². The lowest BCUT2D eigenvalue weighted by atomic mass is 10.1. The summed E-state index contributed by atoms with van der Waals surface area (Å²) in [7, 11) is 0. The van der Waals surface area contributed by atoms with Gasteiger partial charge in [-0.25, -0.2) is 9.98 Å². The molecule has 3 rings (SSSR count). The third-order valence-electron chi connectivity index (χ3n) is 4.38. The minimum Gasteiger partial charge on any atom is -0.474 e. The normalized spacial score (nSPS) is 14.7. The molecule has 0 unspecified atom stereocenters. The lowest BCUT2D eigenvalue weighted by Gasteiger charge is -2.11. The number of ether oxygens (including phenoxy) is 1. The Morgan fingerprint density at radius 3 is 2.58 bits per heavy atom. The first-order valence-electron chi connectivity index (χ1n) is 8.99. The summed E-state index contributed by atoms with van der Waals surface area (Å²) >= 11 is 0. The predicted octanol–water partition coefficient (Wildman–Crippen LogP) is 3.67. The van der Waals surface area contributed by atoms with E-state index in [0.717, 1.165) is 31.4 Å². The smallest absolute Gasteiger partial charge is 0.213 e. The van der Waals surface area contributed by atoms with Crippen molar-refractivity contribution in [2.75, 3.05) is 6.54 Å². The Hall–Kier alpha value is -1.83. The van der Waals surface area contributed by atoms with Crippen LogP contribution in [0.25, 0.3) is 0 Å². The molecule has 0 bridgehead atoms. The first-order chi connectivity index (χ1) is 12.3. The van der Waals surface area contributed by atoms with E-state index < -0.39 is 0 Å². The zero-order valence-corrected chi connectivity index (χ0v) is 17.3. The van der Waals surface area contributed by atoms with E-state index in [9.17, 15) is 0 Å². The van der Waals surface area contributed by atoms with E-state index in [1.165, 1.54) is 18.4 Å². The number of rotatable bonds is 7. The number of nitrogens with two attached hydrogens (primary N) is 1. The fourth-order valence-electron chi connectivity index (χ4n) is 2.96. The van der Waals surface area contributed by atoms with Crippen LogP contribution in [0, 0.1) is 0 Å². The van der Waals surface area contributed by atoms with Crippen molar-refractivity contribution >= 4 is 29.9 Å². The summed E-state index contributed by atoms with van der Waals surface area (Å²) in [6.45, 7) is 1.28. The molecule has 1 aromatic carbocycles. The first-order valence-corrected chi connectivity index (χ1v) is 8.99. The first kappa shape index (κ1) is 20.5. The van der Waals surface area contributed by atoms with Gasteiger partial charge in [-0.1, -0.05) is 36.4 Å². The molecule has 140 valence electrons. The molecule has 1 fully saturated rings. The zero-order valence-electron chi connectivity index (χ0n) is 14.9. The van der Waals surface area contributed by atoms with E-state index in [1.54, 1.807) is 0 Å². The summed E-state index contributed by atoms with van der Waals surface area (Å²) in [6.07, 6.45) is 7.86. The van der Waals surface area contributed by atoms with Crippen LogP contribution in [0.3, 0.4) is 0 Å². The second-order valence-electron chi connectivity index (χ2n) is 6.39. The van der Waals surface area contributed by atoms with Gasteiger partial charge < -0.3 is 15.8 Å². The van der Waals surface area contributed by atoms with Gasteiger partial charge >= 0.3 is 0 Å². The highest BCUT2D eigenvalue weighted by Crippen LogP contribution is 2.22. The molecule has 0 amide bonds. The summed E-state index contributed by atoms with van der Waals surface area (Å²) in [5.74, 6) is 1.16. The molecule has 1 aliphatic rings. The van der Waals surface area contributed by atoms with Crippen molar-refractivity contribution in [1.29, 1.82) is 0 Å². The minimum absolute atomic E-state index is 0. The molecule has 0 spiro atoms. The predicted molar refractivity (Wildman–Crippen MR) is 116 cm³/mol. The highest BCUT2D eigenvalue weighted by atomic mass is 127. The molecule has 0 saturated heterocycles. The van der Waals surface area contributed by atoms with Crippen molar-refractivity contribution in [2.45, 2.75) is 44.8 Å². The molecular formula is C20H27IN4O. The number of hydrogen-bond acceptors (Lipinski definition) is 3. The van der Waals surface area contributed by atoms with Gasteiger partial charge in [0, 0.05) is 18.8 Å². The minimum atomic E-state index is 0. The lowest BCUT2D eigenvalue weighted by Crippen LogP contribution is -2.33. The molecule has 0 radical (unpaired) electrons. The molecule has 0 aliphatic heterocycles. The number of halogens is 1. The molecule has 1 saturated carbocycles. The Morgan fingerprint density at radius 1 is 1.12 bits per heavy atom. The monoisotopic (exact) mass is 466 g/mol. The maximum atomic E-state index is 5.92. The number of benzene rings is 1. The average Bonchev–Trinajstić information content (AvgIpc) is 3.15. The van der Waals surface area contributed by atoms with E-state index in [2.05, 4.69) is 27.4 Å². The Morgan fingerprint density at radius 2 is 1.88 bits per heavy atom. The van der Waals surface area contributed by atoms with Crippen LogP contribution in [-0.2, 0) is 13.0 Å². The molecule has 1 aromatic heterocycles. The van der Waals surface area contributed by atoms with Crippen LogP contribution in [0.15, 0.2) is 53.7 Å². The van der Waals surface area contributed by atoms with E-state index in [1.807, 2.05) is 36.5 Å². The second-order valence-corrected chi connectivity index (χ2v) is 6.39. The second kappa shape index (κ2) is 11.0. The van der Waals surface area contributed by atoms with Gasteiger partial charge in [-0.15, -0.1) is 24.0 Å². The molecule has 1 aliphatic carbocycles. The van der Waals surface area contributed by atoms with Crippen LogP contribution >= 0.6 is 24.0 Å². The van der Waals surface area contributed by atoms with Gasteiger partial charge in [-0.2, -0.15) is 0 Å². The van der Waals surface area contributed by atoms with Crippen LogP contribution in [-0.4, -0.2) is 23.6 Å². The highest BCUT2D eigenvalue weighted by Gasteiger charge is 2.16. The molecule has 2 aromatic rings. The Kier molecular flexibility index (Phi) is 8.67. The summed E-state index contributed by atoms with van der Waals surface area (Å²) < 4.78 is 5.87. The fraction of sp³-hybridized carbons (Fsp3) is 0.400. The molecule has 6 heteroatoms. The van der Waals surface area contributed by atoms with Gasteiger partial charge in [0.15, 0.2) is 5.96 Å². The molecule has 1 heterocycles. The maximum Gasteiger partial charge on any atom is 0.213 e. The van der Waals surface area contributed by atoms with Crippen LogP contribution in [0.2, 0.25) is 0 Å². The maximum absolute atomic E-state index is 5.92. The molecule has 26 heavy (non-hydrogen) atoms. The Balaban J connectivity index is 0.00000243. The number of nitrogens with one attached hydrogen (secondary N) is 1. The zero-order chi connectivity index (χ0) is 17.3. The largest absolute Gasteiger partial charge is 0.474 e. The topological polar surface area (TPSA) is 72.5 Å². The van der Waals surface area contributed by atoms with Crippen LogP contribution in [0.1, 0.15) is 36.8 Å². The van der Waals surface area contributed by atoms with Crippen molar-refractivity contribution in [3.8, 4) is 5.88 Å². The van der Waals surface area contributed by atoms with Gasteiger partial charge in [0.1, 0.15) is 6.10 Å². The number of nitrogens with zero attached hydrogens (tertiary/aromatic N) is 2. The number of aromatic nitrogens is 1. The number of pyridine rings is 1. The van der Waals surface area contributed by atoms with Gasteiger partial charge in [-0.3, -0.25) is 0 Å². The lowest BCUT2D eigenvalue weighted by molar-refractivity contribution is 0.201. The number of guanidine groups is 1. The average molecular weight is 466 g/mol. The van der Waals surface area contributed by atoms with E-state index in [-0.39, 0.29) is 24.0 Å². The van der Waals surface area contributed by atoms with Gasteiger partial charge in [0.05, 0.1) is 6.54 Å². The molecule has 5 nitrogen and oxygen atoms in total. The van der Waals surface area contributed by atoms with Crippen molar-refractivity contribution in [3.05, 3.63) is 59.8 Å². The highest BCUT2D eigenvalue weighted by molar-refractivity contribution is 14.0. The standard InChI is InChI=1S/C20H26N4O.HI/c21-20(22-13-12-16-6-2-1-3-7-16)24-15-17-10-11-19(23-14-17)25-18-8-4-5-9-18;/h1-3,6-7,10-11,14,18H,4-5,8-9,12-13,15H2,(H3,21,22,24);1H. The van der Waals surface area contributed by atoms with Crippen LogP contribution < -0.4 is 15.8 Å². The van der Waals surface area contributed by atoms with Crippen LogP contribution in [0.5, 0.6) is 5.88 Å². The quantitative estimate of drug-likeness (QED) is 0.371. The van der Waals surface area contributed by atoms with Crippen LogP contribution in [0.4, 0.5) is 0 Å². The van der Waals surface area contributed by atoms with Gasteiger partial charge in [0.25, 0.3) is 0 Å². The SMILES string of the molecule is I.NC(=NCc1ccc(OC2CCCC2)nc1)NCCc1ccccc1. The van der Waals surface area contributed by atoms with Crippen molar-refractivity contribution in [3.63, 3.8) is 0 Å². The summed E-state index contributed by atoms with van der Waals surface area (Å²) in [4.78, 5) is 8.73. The van der Waals surface area contributed by atoms with Crippen molar-refractivity contribution < 1.29 is 4.74 Å². The van der Waals surface area contributed by atoms with Crippen molar-refractivity contribution in [2.24, 2.45) is 10.7 Å². The van der Waals surface area contributed by atoms with E-state index in [4.69, 9.17) is 10.5 Å². The van der Waals surface area contributed by atoms with Crippen molar-refractivity contribution in [1.82, 2.24) is 10.3 Å². The molecule has 0 atom stereocenters. The molecular weight excluding hydrogens is 439 g/mol. The third-order valence-corrected chi connectivity index (χ3v) is 4.38. The summed E-state index contributed by atoms with van der Waals surface area (Å²) in [5.41, 5.74) is 8.22. The van der Waals surface area contributed by atoms with E-state index >= 15 is 0 Å². The Bertz CT molecular complexity index is 670. The third kappa shape index (κ3) is 6.82. The summed E-state index contributed by atoms with van der Waals surface area (Å²) in [6, 6.07) is 14.2. The number of aliphatic imine (C=N–C) groups is 1. The molecule has 3 N–H and O–H groups in total. The van der Waals surface area contributed by atoms with E-state index in [0.29, 0.717) is 24.5 Å². The fourth-order valence-corrected chi connectivity index (χ4v) is 2.96. The Labute approximate surface area is 172 Å². The summed E-state index contributed by atoms with van der Waals surface area (Å²) in [5, 5.41) is 3.14. The van der Waals surface area contributed by atoms with Gasteiger partial charge in [0.2, 0.25) is 5.88 Å².